The van der Waals surface area contributed by atoms with Gasteiger partial charge in [-0.25, -0.2) is 8.78 Å². The summed E-state index contributed by atoms with van der Waals surface area (Å²) in [4.78, 5) is 11.7. The fourth-order valence-electron chi connectivity index (χ4n) is 1.78. The lowest BCUT2D eigenvalue weighted by molar-refractivity contribution is -0.124. The van der Waals surface area contributed by atoms with Gasteiger partial charge in [0.1, 0.15) is 17.4 Å². The summed E-state index contributed by atoms with van der Waals surface area (Å²) in [6.07, 6.45) is 2.62. The summed E-state index contributed by atoms with van der Waals surface area (Å²) in [6.45, 7) is 0. The van der Waals surface area contributed by atoms with Crippen LogP contribution >= 0.6 is 15.9 Å². The smallest absolute Gasteiger partial charge is 0.143 e. The Balaban J connectivity index is 2.19. The largest absolute Gasteiger partial charge is 0.299 e. The monoisotopic (exact) mass is 288 g/mol. The first-order valence-corrected chi connectivity index (χ1v) is 6.04. The number of Topliss-reactive ketones (excluding diaryl/α,β-unsaturated/α-hetero) is 1. The van der Waals surface area contributed by atoms with E-state index in [1.54, 1.807) is 0 Å². The van der Waals surface area contributed by atoms with Gasteiger partial charge >= 0.3 is 0 Å². The minimum absolute atomic E-state index is 0.0118. The van der Waals surface area contributed by atoms with Crippen molar-refractivity contribution < 1.29 is 13.6 Å². The van der Waals surface area contributed by atoms with Crippen LogP contribution in [0.3, 0.4) is 0 Å². The molecular formula is C12H11BrF2O. The lowest BCUT2D eigenvalue weighted by Gasteiger charge is -2.23. The van der Waals surface area contributed by atoms with Gasteiger partial charge in [-0.3, -0.25) is 4.79 Å². The molecule has 0 spiro atoms. The van der Waals surface area contributed by atoms with Gasteiger partial charge in [-0.1, -0.05) is 6.42 Å². The number of ketones is 1. The summed E-state index contributed by atoms with van der Waals surface area (Å²) in [7, 11) is 0. The van der Waals surface area contributed by atoms with Crippen molar-refractivity contribution in [3.05, 3.63) is 33.8 Å². The van der Waals surface area contributed by atoms with Crippen LogP contribution in [0.15, 0.2) is 16.6 Å². The molecule has 1 nitrogen and oxygen atoms in total. The average Bonchev–Trinajstić information content (AvgIpc) is 2.16. The fourth-order valence-corrected chi connectivity index (χ4v) is 2.15. The zero-order chi connectivity index (χ0) is 11.7. The SMILES string of the molecule is O=C(Cc1c(F)ccc(Br)c1F)C1CCC1. The van der Waals surface area contributed by atoms with E-state index >= 15 is 0 Å². The standard InChI is InChI=1S/C12H11BrF2O/c13-9-4-5-10(14)8(12(9)15)6-11(16)7-2-1-3-7/h4-5,7H,1-3,6H2. The molecule has 1 aliphatic carbocycles. The normalized spacial score (nSPS) is 15.9. The maximum absolute atomic E-state index is 13.6. The fraction of sp³-hybridized carbons (Fsp3) is 0.417. The Labute approximate surface area is 101 Å². The minimum atomic E-state index is -0.660. The predicted octanol–water partition coefficient (Wildman–Crippen LogP) is 3.64. The highest BCUT2D eigenvalue weighted by atomic mass is 79.9. The molecule has 2 rings (SSSR count). The number of rotatable bonds is 3. The van der Waals surface area contributed by atoms with Crippen LogP contribution in [0, 0.1) is 17.6 Å². The third-order valence-electron chi connectivity index (χ3n) is 3.05. The minimum Gasteiger partial charge on any atom is -0.299 e. The second kappa shape index (κ2) is 4.62. The molecule has 0 saturated heterocycles. The molecule has 4 heteroatoms. The predicted molar refractivity (Wildman–Crippen MR) is 60.1 cm³/mol. The van der Waals surface area contributed by atoms with Crippen LogP contribution in [0.25, 0.3) is 0 Å². The first-order chi connectivity index (χ1) is 7.59. The number of hydrogen-bond acceptors (Lipinski definition) is 1. The summed E-state index contributed by atoms with van der Waals surface area (Å²) in [6, 6.07) is 2.48. The van der Waals surface area contributed by atoms with E-state index in [1.807, 2.05) is 0 Å². The van der Waals surface area contributed by atoms with Crippen LogP contribution in [0.1, 0.15) is 24.8 Å². The van der Waals surface area contributed by atoms with Gasteiger partial charge in [0.25, 0.3) is 0 Å². The van der Waals surface area contributed by atoms with Gasteiger partial charge < -0.3 is 0 Å². The number of carbonyl (C=O) groups is 1. The second-order valence-electron chi connectivity index (χ2n) is 4.09. The summed E-state index contributed by atoms with van der Waals surface area (Å²) in [5.74, 6) is -1.35. The van der Waals surface area contributed by atoms with Gasteiger partial charge in [-0.05, 0) is 40.9 Å². The van der Waals surface area contributed by atoms with Crippen molar-refractivity contribution in [1.29, 1.82) is 0 Å². The topological polar surface area (TPSA) is 17.1 Å². The highest BCUT2D eigenvalue weighted by Crippen LogP contribution is 2.30. The molecule has 0 bridgehead atoms. The molecule has 1 aromatic carbocycles. The van der Waals surface area contributed by atoms with Crippen molar-refractivity contribution in [2.45, 2.75) is 25.7 Å². The number of halogens is 3. The molecule has 0 radical (unpaired) electrons. The van der Waals surface area contributed by atoms with E-state index in [1.165, 1.54) is 12.1 Å². The number of carbonyl (C=O) groups excluding carboxylic acids is 1. The van der Waals surface area contributed by atoms with Crippen LogP contribution in [-0.4, -0.2) is 5.78 Å². The van der Waals surface area contributed by atoms with Crippen molar-refractivity contribution in [1.82, 2.24) is 0 Å². The van der Waals surface area contributed by atoms with Gasteiger partial charge in [0.15, 0.2) is 0 Å². The first kappa shape index (κ1) is 11.7. The third-order valence-corrected chi connectivity index (χ3v) is 3.66. The Morgan fingerprint density at radius 1 is 1.38 bits per heavy atom. The molecule has 0 aliphatic heterocycles. The summed E-state index contributed by atoms with van der Waals surface area (Å²) >= 11 is 2.99. The molecule has 0 heterocycles. The maximum atomic E-state index is 13.6. The Kier molecular flexibility index (Phi) is 3.38. The quantitative estimate of drug-likeness (QED) is 0.776. The van der Waals surface area contributed by atoms with Crippen molar-refractivity contribution in [2.75, 3.05) is 0 Å². The number of benzene rings is 1. The van der Waals surface area contributed by atoms with E-state index in [0.717, 1.165) is 19.3 Å². The van der Waals surface area contributed by atoms with E-state index < -0.39 is 11.6 Å². The van der Waals surface area contributed by atoms with Crippen LogP contribution in [0.5, 0.6) is 0 Å². The van der Waals surface area contributed by atoms with E-state index in [4.69, 9.17) is 0 Å². The van der Waals surface area contributed by atoms with Crippen molar-refractivity contribution in [3.63, 3.8) is 0 Å². The molecule has 0 amide bonds. The van der Waals surface area contributed by atoms with Crippen molar-refractivity contribution in [3.8, 4) is 0 Å². The van der Waals surface area contributed by atoms with Crippen molar-refractivity contribution in [2.24, 2.45) is 5.92 Å². The van der Waals surface area contributed by atoms with E-state index in [9.17, 15) is 13.6 Å². The molecule has 0 N–H and O–H groups in total. The molecule has 0 unspecified atom stereocenters. The van der Waals surface area contributed by atoms with E-state index in [0.29, 0.717) is 0 Å². The summed E-state index contributed by atoms with van der Waals surface area (Å²) in [5.41, 5.74) is -0.119. The Morgan fingerprint density at radius 2 is 2.06 bits per heavy atom. The number of hydrogen-bond donors (Lipinski definition) is 0. The zero-order valence-corrected chi connectivity index (χ0v) is 10.2. The molecular weight excluding hydrogens is 278 g/mol. The van der Waals surface area contributed by atoms with Crippen LogP contribution in [0.2, 0.25) is 0 Å². The Bertz CT molecular complexity index is 427. The van der Waals surface area contributed by atoms with Gasteiger partial charge in [0.2, 0.25) is 0 Å². The highest BCUT2D eigenvalue weighted by Gasteiger charge is 2.27. The van der Waals surface area contributed by atoms with Crippen LogP contribution < -0.4 is 0 Å². The molecule has 16 heavy (non-hydrogen) atoms. The lowest BCUT2D eigenvalue weighted by Crippen LogP contribution is -2.24. The first-order valence-electron chi connectivity index (χ1n) is 5.24. The average molecular weight is 289 g/mol. The van der Waals surface area contributed by atoms with Gasteiger partial charge in [-0.15, -0.1) is 0 Å². The lowest BCUT2D eigenvalue weighted by atomic mass is 9.80. The summed E-state index contributed by atoms with van der Waals surface area (Å²) in [5, 5.41) is 0. The molecule has 0 aromatic heterocycles. The summed E-state index contributed by atoms with van der Waals surface area (Å²) < 4.78 is 27.1. The highest BCUT2D eigenvalue weighted by molar-refractivity contribution is 9.10. The van der Waals surface area contributed by atoms with Gasteiger partial charge in [-0.2, -0.15) is 0 Å². The third kappa shape index (κ3) is 2.17. The second-order valence-corrected chi connectivity index (χ2v) is 4.95. The molecule has 1 aromatic rings. The van der Waals surface area contributed by atoms with Crippen LogP contribution in [-0.2, 0) is 11.2 Å². The molecule has 0 atom stereocenters. The Hall–Kier alpha value is -0.770. The molecule has 1 fully saturated rings. The molecule has 1 saturated carbocycles. The maximum Gasteiger partial charge on any atom is 0.143 e. The van der Waals surface area contributed by atoms with Crippen LogP contribution in [0.4, 0.5) is 8.78 Å². The Morgan fingerprint density at radius 3 is 2.62 bits per heavy atom. The van der Waals surface area contributed by atoms with E-state index in [2.05, 4.69) is 15.9 Å². The molecule has 1 aliphatic rings. The van der Waals surface area contributed by atoms with E-state index in [-0.39, 0.29) is 28.2 Å². The van der Waals surface area contributed by atoms with Gasteiger partial charge in [0.05, 0.1) is 4.47 Å². The zero-order valence-electron chi connectivity index (χ0n) is 8.60. The van der Waals surface area contributed by atoms with Crippen molar-refractivity contribution >= 4 is 21.7 Å². The molecule has 86 valence electrons. The van der Waals surface area contributed by atoms with Gasteiger partial charge in [0, 0.05) is 17.9 Å².